The number of nitrogens with zero attached hydrogens (tertiary/aromatic N) is 1. The summed E-state index contributed by atoms with van der Waals surface area (Å²) in [6, 6.07) is 3.27. The van der Waals surface area contributed by atoms with Crippen LogP contribution in [0.3, 0.4) is 0 Å². The Morgan fingerprint density at radius 3 is 2.47 bits per heavy atom. The summed E-state index contributed by atoms with van der Waals surface area (Å²) in [5.41, 5.74) is 0.293. The number of carbonyl (C=O) groups is 1. The van der Waals surface area contributed by atoms with Crippen molar-refractivity contribution in [3.05, 3.63) is 23.8 Å². The van der Waals surface area contributed by atoms with E-state index in [9.17, 15) is 26.4 Å². The predicted octanol–water partition coefficient (Wildman–Crippen LogP) is 3.60. The lowest BCUT2D eigenvalue weighted by atomic mass is 9.86. The molecule has 1 unspecified atom stereocenters. The van der Waals surface area contributed by atoms with Gasteiger partial charge in [-0.25, -0.2) is 8.42 Å². The summed E-state index contributed by atoms with van der Waals surface area (Å²) in [5, 5.41) is 9.01. The summed E-state index contributed by atoms with van der Waals surface area (Å²) >= 11 is 0. The second-order valence-corrected chi connectivity index (χ2v) is 9.83. The molecule has 1 heterocycles. The van der Waals surface area contributed by atoms with Crippen molar-refractivity contribution in [1.29, 1.82) is 0 Å². The standard InChI is InChI=1S/C19H26F3NO6S/c1-12(2)6-13(4-5-18(24)25)14-7-15(29-19(20,21)22)9-17(8-14)30(26,27)23(3)10-16-11-28-16/h7-9,12-13,16H,4-6,10-11H2,1-3H3,(H,24,25)/t13-,16?/m0/s1. The molecular weight excluding hydrogens is 427 g/mol. The Hall–Kier alpha value is -1.85. The first-order valence-corrected chi connectivity index (χ1v) is 10.9. The normalized spacial score (nSPS) is 17.9. The Kier molecular flexibility index (Phi) is 7.75. The van der Waals surface area contributed by atoms with Crippen LogP contribution in [0.15, 0.2) is 23.1 Å². The van der Waals surface area contributed by atoms with Gasteiger partial charge in [-0.05, 0) is 42.4 Å². The molecule has 1 aliphatic heterocycles. The number of carboxylic acid groups (broad SMARTS) is 1. The van der Waals surface area contributed by atoms with E-state index in [1.807, 2.05) is 13.8 Å². The number of likely N-dealkylation sites (N-methyl/N-ethyl adjacent to an activating group) is 1. The van der Waals surface area contributed by atoms with Gasteiger partial charge in [0.2, 0.25) is 10.0 Å². The number of benzene rings is 1. The van der Waals surface area contributed by atoms with Crippen LogP contribution in [-0.2, 0) is 19.6 Å². The molecule has 0 saturated carbocycles. The molecule has 1 aliphatic rings. The molecule has 0 spiro atoms. The van der Waals surface area contributed by atoms with E-state index >= 15 is 0 Å². The maximum atomic E-state index is 12.9. The Morgan fingerprint density at radius 2 is 1.97 bits per heavy atom. The summed E-state index contributed by atoms with van der Waals surface area (Å²) in [7, 11) is -2.77. The highest BCUT2D eigenvalue weighted by Crippen LogP contribution is 2.35. The van der Waals surface area contributed by atoms with Crippen LogP contribution in [0.2, 0.25) is 0 Å². The number of hydrogen-bond donors (Lipinski definition) is 1. The summed E-state index contributed by atoms with van der Waals surface area (Å²) in [6.45, 7) is 4.29. The van der Waals surface area contributed by atoms with E-state index in [1.54, 1.807) is 0 Å². The smallest absolute Gasteiger partial charge is 0.481 e. The SMILES string of the molecule is CC(C)C[C@H](CCC(=O)O)c1cc(OC(F)(F)F)cc(S(=O)(=O)N(C)CC2CO2)c1. The van der Waals surface area contributed by atoms with Crippen LogP contribution >= 0.6 is 0 Å². The lowest BCUT2D eigenvalue weighted by molar-refractivity contribution is -0.274. The number of epoxide rings is 1. The number of rotatable bonds is 11. The van der Waals surface area contributed by atoms with E-state index in [0.29, 0.717) is 18.6 Å². The number of aliphatic carboxylic acids is 1. The average molecular weight is 453 g/mol. The van der Waals surface area contributed by atoms with Crippen molar-refractivity contribution in [3.8, 4) is 5.75 Å². The van der Waals surface area contributed by atoms with Gasteiger partial charge in [0, 0.05) is 26.1 Å². The summed E-state index contributed by atoms with van der Waals surface area (Å²) in [5.74, 6) is -2.02. The zero-order valence-electron chi connectivity index (χ0n) is 17.0. The number of alkyl halides is 3. The number of sulfonamides is 1. The lowest BCUT2D eigenvalue weighted by Crippen LogP contribution is -2.30. The van der Waals surface area contributed by atoms with E-state index < -0.39 is 34.0 Å². The second kappa shape index (κ2) is 9.52. The minimum absolute atomic E-state index is 0.0798. The number of ether oxygens (including phenoxy) is 2. The summed E-state index contributed by atoms with van der Waals surface area (Å²) < 4.78 is 74.4. The molecule has 0 aromatic heterocycles. The van der Waals surface area contributed by atoms with Gasteiger partial charge in [-0.3, -0.25) is 4.79 Å². The topological polar surface area (TPSA) is 96.4 Å². The lowest BCUT2D eigenvalue weighted by Gasteiger charge is -2.22. The number of carboxylic acids is 1. The fourth-order valence-electron chi connectivity index (χ4n) is 3.20. The van der Waals surface area contributed by atoms with E-state index in [1.165, 1.54) is 13.1 Å². The first-order chi connectivity index (χ1) is 13.8. The molecule has 0 bridgehead atoms. The Bertz CT molecular complexity index is 852. The predicted molar refractivity (Wildman–Crippen MR) is 102 cm³/mol. The fourth-order valence-corrected chi connectivity index (χ4v) is 4.47. The van der Waals surface area contributed by atoms with Crippen LogP contribution in [0.25, 0.3) is 0 Å². The molecule has 1 N–H and O–H groups in total. The van der Waals surface area contributed by atoms with E-state index in [4.69, 9.17) is 9.84 Å². The van der Waals surface area contributed by atoms with Gasteiger partial charge >= 0.3 is 12.3 Å². The van der Waals surface area contributed by atoms with Crippen LogP contribution in [0.5, 0.6) is 5.75 Å². The Labute approximate surface area is 173 Å². The molecule has 0 aliphatic carbocycles. The third kappa shape index (κ3) is 7.44. The highest BCUT2D eigenvalue weighted by Gasteiger charge is 2.34. The number of halogens is 3. The average Bonchev–Trinajstić information content (AvgIpc) is 3.40. The van der Waals surface area contributed by atoms with E-state index in [-0.39, 0.29) is 36.3 Å². The van der Waals surface area contributed by atoms with Gasteiger partial charge in [0.05, 0.1) is 17.6 Å². The largest absolute Gasteiger partial charge is 0.573 e. The van der Waals surface area contributed by atoms with Gasteiger partial charge in [0.25, 0.3) is 0 Å². The van der Waals surface area contributed by atoms with Gasteiger partial charge in [-0.2, -0.15) is 4.31 Å². The highest BCUT2D eigenvalue weighted by molar-refractivity contribution is 7.89. The molecule has 170 valence electrons. The first-order valence-electron chi connectivity index (χ1n) is 9.48. The van der Waals surface area contributed by atoms with Crippen LogP contribution in [0.4, 0.5) is 13.2 Å². The maximum Gasteiger partial charge on any atom is 0.573 e. The fraction of sp³-hybridized carbons (Fsp3) is 0.632. The minimum atomic E-state index is -5.00. The Balaban J connectivity index is 2.47. The van der Waals surface area contributed by atoms with Crippen molar-refractivity contribution >= 4 is 16.0 Å². The maximum absolute atomic E-state index is 12.9. The molecule has 2 rings (SSSR count). The van der Waals surface area contributed by atoms with Crippen LogP contribution < -0.4 is 4.74 Å². The summed E-state index contributed by atoms with van der Waals surface area (Å²) in [4.78, 5) is 10.7. The molecule has 11 heteroatoms. The molecule has 0 amide bonds. The number of hydrogen-bond acceptors (Lipinski definition) is 5. The van der Waals surface area contributed by atoms with Crippen molar-refractivity contribution in [2.75, 3.05) is 20.2 Å². The molecular formula is C19H26F3NO6S. The van der Waals surface area contributed by atoms with E-state index in [2.05, 4.69) is 4.74 Å². The molecule has 2 atom stereocenters. The Morgan fingerprint density at radius 1 is 1.33 bits per heavy atom. The van der Waals surface area contributed by atoms with Crippen molar-refractivity contribution in [2.45, 2.75) is 56.4 Å². The van der Waals surface area contributed by atoms with Crippen LogP contribution in [0.1, 0.15) is 44.6 Å². The summed E-state index contributed by atoms with van der Waals surface area (Å²) in [6.07, 6.45) is -4.78. The molecule has 0 radical (unpaired) electrons. The van der Waals surface area contributed by atoms with Crippen molar-refractivity contribution in [1.82, 2.24) is 4.31 Å². The second-order valence-electron chi connectivity index (χ2n) is 7.79. The highest BCUT2D eigenvalue weighted by atomic mass is 32.2. The van der Waals surface area contributed by atoms with Gasteiger partial charge in [-0.15, -0.1) is 13.2 Å². The quantitative estimate of drug-likeness (QED) is 0.515. The molecule has 7 nitrogen and oxygen atoms in total. The molecule has 1 fully saturated rings. The zero-order valence-corrected chi connectivity index (χ0v) is 17.8. The third-order valence-corrected chi connectivity index (χ3v) is 6.44. The van der Waals surface area contributed by atoms with Gasteiger partial charge in [0.1, 0.15) is 5.75 Å². The zero-order chi connectivity index (χ0) is 22.7. The molecule has 1 aromatic carbocycles. The van der Waals surface area contributed by atoms with Crippen LogP contribution in [0, 0.1) is 5.92 Å². The van der Waals surface area contributed by atoms with E-state index in [0.717, 1.165) is 16.4 Å². The van der Waals surface area contributed by atoms with Crippen LogP contribution in [-0.4, -0.2) is 56.5 Å². The van der Waals surface area contributed by atoms with Crippen molar-refractivity contribution < 1.29 is 41.0 Å². The van der Waals surface area contributed by atoms with Crippen molar-refractivity contribution in [3.63, 3.8) is 0 Å². The van der Waals surface area contributed by atoms with Gasteiger partial charge in [-0.1, -0.05) is 13.8 Å². The van der Waals surface area contributed by atoms with Crippen molar-refractivity contribution in [2.24, 2.45) is 5.92 Å². The minimum Gasteiger partial charge on any atom is -0.481 e. The monoisotopic (exact) mass is 453 g/mol. The first kappa shape index (κ1) is 24.4. The van der Waals surface area contributed by atoms with Gasteiger partial charge < -0.3 is 14.6 Å². The molecule has 30 heavy (non-hydrogen) atoms. The molecule has 1 aromatic rings. The molecule has 1 saturated heterocycles. The third-order valence-electron chi connectivity index (χ3n) is 4.64. The van der Waals surface area contributed by atoms with Gasteiger partial charge in [0.15, 0.2) is 0 Å².